The van der Waals surface area contributed by atoms with E-state index in [1.54, 1.807) is 13.1 Å². The minimum absolute atomic E-state index is 0.231. The van der Waals surface area contributed by atoms with Gasteiger partial charge in [-0.3, -0.25) is 4.57 Å². The van der Waals surface area contributed by atoms with E-state index >= 15 is 0 Å². The monoisotopic (exact) mass is 255 g/mol. The normalized spacial score (nSPS) is 31.3. The highest BCUT2D eigenvalue weighted by Crippen LogP contribution is 2.32. The zero-order valence-electron chi connectivity index (χ0n) is 9.74. The van der Waals surface area contributed by atoms with Crippen LogP contribution in [0, 0.1) is 6.92 Å². The molecule has 0 amide bonds. The number of ether oxygens (including phenoxy) is 1. The highest BCUT2D eigenvalue weighted by atomic mass is 17.5. The largest absolute Gasteiger partial charge is 0.383 e. The number of nitrogens with two attached hydrogens (primary N) is 1. The average molecular weight is 255 g/mol. The number of fused-ring (bicyclic) bond motifs is 1. The Morgan fingerprint density at radius 3 is 3.11 bits per heavy atom. The highest BCUT2D eigenvalue weighted by Gasteiger charge is 2.41. The molecule has 0 saturated carbocycles. The second-order valence-corrected chi connectivity index (χ2v) is 4.35. The lowest BCUT2D eigenvalue weighted by molar-refractivity contribution is -0.555. The smallest absolute Gasteiger partial charge is 0.351 e. The van der Waals surface area contributed by atoms with Gasteiger partial charge in [-0.15, -0.1) is 0 Å². The van der Waals surface area contributed by atoms with Crippen molar-refractivity contribution in [3.63, 3.8) is 0 Å². The predicted molar refractivity (Wildman–Crippen MR) is 58.1 cm³/mol. The van der Waals surface area contributed by atoms with Crippen LogP contribution in [0.5, 0.6) is 0 Å². The average Bonchev–Trinajstić information content (AvgIpc) is 2.77. The Balaban J connectivity index is 1.88. The zero-order chi connectivity index (χ0) is 12.7. The standard InChI is InChI=1S/C10H13N3O5/c1-5-3-13(10(14)12-9(5)11)8-2-6-7(16-8)4-15-18-17-6/h3,6-8H,2,4H2,1H3,(H2,11,12,14)/t6-,7-,8-/m0/s1. The molecule has 2 N–H and O–H groups in total. The topological polar surface area (TPSA) is 97.8 Å². The summed E-state index contributed by atoms with van der Waals surface area (Å²) < 4.78 is 7.09. The number of nitrogen functional groups attached to an aromatic ring is 1. The van der Waals surface area contributed by atoms with E-state index in [4.69, 9.17) is 15.4 Å². The quantitative estimate of drug-likeness (QED) is 0.687. The van der Waals surface area contributed by atoms with Crippen LogP contribution in [0.2, 0.25) is 0 Å². The molecule has 1 aromatic heterocycles. The maximum absolute atomic E-state index is 11.8. The van der Waals surface area contributed by atoms with E-state index in [0.29, 0.717) is 6.42 Å². The molecule has 3 rings (SSSR count). The highest BCUT2D eigenvalue weighted by molar-refractivity contribution is 5.35. The van der Waals surface area contributed by atoms with Crippen molar-refractivity contribution in [2.45, 2.75) is 31.8 Å². The maximum Gasteiger partial charge on any atom is 0.351 e. The zero-order valence-corrected chi connectivity index (χ0v) is 9.74. The van der Waals surface area contributed by atoms with Gasteiger partial charge in [-0.2, -0.15) is 9.87 Å². The molecule has 18 heavy (non-hydrogen) atoms. The van der Waals surface area contributed by atoms with Gasteiger partial charge in [0.25, 0.3) is 0 Å². The van der Waals surface area contributed by atoms with Gasteiger partial charge in [-0.25, -0.2) is 9.68 Å². The van der Waals surface area contributed by atoms with Crippen molar-refractivity contribution < 1.29 is 19.6 Å². The number of anilines is 1. The molecule has 8 nitrogen and oxygen atoms in total. The Labute approximate surface area is 102 Å². The molecule has 0 bridgehead atoms. The summed E-state index contributed by atoms with van der Waals surface area (Å²) in [6, 6.07) is 0. The Morgan fingerprint density at radius 1 is 1.50 bits per heavy atom. The van der Waals surface area contributed by atoms with Crippen LogP contribution in [0.25, 0.3) is 0 Å². The molecule has 0 aliphatic carbocycles. The molecule has 2 saturated heterocycles. The fourth-order valence-corrected chi connectivity index (χ4v) is 2.08. The van der Waals surface area contributed by atoms with Crippen molar-refractivity contribution in [1.29, 1.82) is 0 Å². The Morgan fingerprint density at radius 2 is 2.33 bits per heavy atom. The molecular weight excluding hydrogens is 242 g/mol. The summed E-state index contributed by atoms with van der Waals surface area (Å²) >= 11 is 0. The summed E-state index contributed by atoms with van der Waals surface area (Å²) in [6.45, 7) is 2.06. The number of hydrogen-bond donors (Lipinski definition) is 1. The van der Waals surface area contributed by atoms with E-state index in [2.05, 4.69) is 14.9 Å². The van der Waals surface area contributed by atoms with Crippen molar-refractivity contribution in [1.82, 2.24) is 9.55 Å². The van der Waals surface area contributed by atoms with Gasteiger partial charge in [0, 0.05) is 18.2 Å². The fraction of sp³-hybridized carbons (Fsp3) is 0.600. The second-order valence-electron chi connectivity index (χ2n) is 4.35. The van der Waals surface area contributed by atoms with Crippen LogP contribution < -0.4 is 11.4 Å². The third-order valence-electron chi connectivity index (χ3n) is 3.11. The molecule has 3 heterocycles. The minimum atomic E-state index is -0.441. The van der Waals surface area contributed by atoms with Gasteiger partial charge < -0.3 is 10.5 Å². The van der Waals surface area contributed by atoms with Crippen LogP contribution in [0.3, 0.4) is 0 Å². The molecule has 3 atom stereocenters. The van der Waals surface area contributed by atoms with E-state index < -0.39 is 11.9 Å². The van der Waals surface area contributed by atoms with E-state index in [0.717, 1.165) is 5.56 Å². The summed E-state index contributed by atoms with van der Waals surface area (Å²) in [5, 5.41) is 4.44. The van der Waals surface area contributed by atoms with Gasteiger partial charge in [-0.1, -0.05) is 5.04 Å². The molecule has 2 fully saturated rings. The number of aromatic nitrogens is 2. The van der Waals surface area contributed by atoms with Crippen LogP contribution in [0.4, 0.5) is 5.82 Å². The number of rotatable bonds is 1. The lowest BCUT2D eigenvalue weighted by Crippen LogP contribution is -2.34. The minimum Gasteiger partial charge on any atom is -0.383 e. The fourth-order valence-electron chi connectivity index (χ4n) is 2.08. The lowest BCUT2D eigenvalue weighted by Gasteiger charge is -2.20. The van der Waals surface area contributed by atoms with Crippen LogP contribution in [-0.2, 0) is 19.6 Å². The molecule has 0 unspecified atom stereocenters. The second kappa shape index (κ2) is 4.32. The van der Waals surface area contributed by atoms with Crippen molar-refractivity contribution in [3.05, 3.63) is 22.2 Å². The molecule has 0 radical (unpaired) electrons. The molecule has 0 spiro atoms. The molecule has 2 aliphatic rings. The third kappa shape index (κ3) is 1.89. The molecule has 2 aliphatic heterocycles. The summed E-state index contributed by atoms with van der Waals surface area (Å²) in [4.78, 5) is 25.1. The van der Waals surface area contributed by atoms with Gasteiger partial charge in [0.15, 0.2) is 0 Å². The van der Waals surface area contributed by atoms with Crippen LogP contribution in [0.1, 0.15) is 18.2 Å². The van der Waals surface area contributed by atoms with Crippen LogP contribution >= 0.6 is 0 Å². The number of hydrogen-bond acceptors (Lipinski definition) is 7. The van der Waals surface area contributed by atoms with Gasteiger partial charge in [0.05, 0.1) is 0 Å². The SMILES string of the molecule is Cc1cn([C@@H]2C[C@@H]3OOOC[C@@H]3O2)c(=O)nc1N. The Hall–Kier alpha value is -1.48. The number of aryl methyl sites for hydroxylation is 1. The van der Waals surface area contributed by atoms with Crippen molar-refractivity contribution >= 4 is 5.82 Å². The first-order valence-corrected chi connectivity index (χ1v) is 5.61. The lowest BCUT2D eigenvalue weighted by atomic mass is 10.2. The van der Waals surface area contributed by atoms with Crippen molar-refractivity contribution in [2.75, 3.05) is 12.3 Å². The van der Waals surface area contributed by atoms with E-state index in [1.807, 2.05) is 0 Å². The summed E-state index contributed by atoms with van der Waals surface area (Å²) in [7, 11) is 0. The van der Waals surface area contributed by atoms with Crippen LogP contribution in [-0.4, -0.2) is 28.4 Å². The van der Waals surface area contributed by atoms with Crippen LogP contribution in [0.15, 0.2) is 11.0 Å². The van der Waals surface area contributed by atoms with Gasteiger partial charge >= 0.3 is 5.69 Å². The molecule has 8 heteroatoms. The van der Waals surface area contributed by atoms with E-state index in [9.17, 15) is 4.79 Å². The molecule has 1 aromatic rings. The van der Waals surface area contributed by atoms with Crippen molar-refractivity contribution in [2.24, 2.45) is 0 Å². The summed E-state index contributed by atoms with van der Waals surface area (Å²) in [6.07, 6.45) is 1.21. The first-order chi connectivity index (χ1) is 8.65. The van der Waals surface area contributed by atoms with Gasteiger partial charge in [0.1, 0.15) is 30.9 Å². The predicted octanol–water partition coefficient (Wildman–Crippen LogP) is -0.317. The first kappa shape index (κ1) is 11.6. The molecule has 98 valence electrons. The third-order valence-corrected chi connectivity index (χ3v) is 3.11. The Bertz CT molecular complexity index is 503. The molecule has 0 aromatic carbocycles. The van der Waals surface area contributed by atoms with E-state index in [1.165, 1.54) is 4.57 Å². The maximum atomic E-state index is 11.8. The first-order valence-electron chi connectivity index (χ1n) is 5.61. The van der Waals surface area contributed by atoms with Gasteiger partial charge in [-0.05, 0) is 6.92 Å². The summed E-state index contributed by atoms with van der Waals surface area (Å²) in [5.41, 5.74) is 5.86. The molecular formula is C10H13N3O5. The summed E-state index contributed by atoms with van der Waals surface area (Å²) in [5.74, 6) is 0.231. The van der Waals surface area contributed by atoms with Crippen molar-refractivity contribution in [3.8, 4) is 0 Å². The number of nitrogens with zero attached hydrogens (tertiary/aromatic N) is 2. The van der Waals surface area contributed by atoms with E-state index in [-0.39, 0.29) is 24.6 Å². The Kier molecular flexibility index (Phi) is 2.78. The van der Waals surface area contributed by atoms with Gasteiger partial charge in [0.2, 0.25) is 0 Å².